The molecular weight excluding hydrogens is 242 g/mol. The molecule has 0 fully saturated rings. The number of hydrogen-bond acceptors (Lipinski definition) is 1. The third-order valence-corrected chi connectivity index (χ3v) is 3.21. The summed E-state index contributed by atoms with van der Waals surface area (Å²) in [5, 5.41) is 3.54. The molecule has 0 aliphatic carbocycles. The van der Waals surface area contributed by atoms with Crippen molar-refractivity contribution in [3.05, 3.63) is 65.7 Å². The standard InChI is InChI=1S/C16H18ClN/c1-13-7-9-15(10-8-13)18-16(11-12-17)14-5-3-2-4-6-14/h2-10,16,18H,11-12H2,1H3. The van der Waals surface area contributed by atoms with E-state index in [1.165, 1.54) is 11.1 Å². The molecule has 0 saturated heterocycles. The van der Waals surface area contributed by atoms with Gasteiger partial charge in [0.1, 0.15) is 0 Å². The molecule has 1 unspecified atom stereocenters. The van der Waals surface area contributed by atoms with Crippen molar-refractivity contribution in [3.63, 3.8) is 0 Å². The van der Waals surface area contributed by atoms with E-state index in [1.807, 2.05) is 6.07 Å². The minimum atomic E-state index is 0.270. The van der Waals surface area contributed by atoms with Gasteiger partial charge in [-0.1, -0.05) is 48.0 Å². The predicted molar refractivity (Wildman–Crippen MR) is 79.3 cm³/mol. The number of hydrogen-bond donors (Lipinski definition) is 1. The Labute approximate surface area is 114 Å². The molecular formula is C16H18ClN. The highest BCUT2D eigenvalue weighted by molar-refractivity contribution is 6.17. The molecule has 2 rings (SSSR count). The molecule has 0 aromatic heterocycles. The van der Waals surface area contributed by atoms with Crippen LogP contribution in [0.1, 0.15) is 23.6 Å². The molecule has 2 heteroatoms. The predicted octanol–water partition coefficient (Wildman–Crippen LogP) is 4.78. The second kappa shape index (κ2) is 6.46. The molecule has 0 radical (unpaired) electrons. The van der Waals surface area contributed by atoms with Crippen LogP contribution in [-0.2, 0) is 0 Å². The van der Waals surface area contributed by atoms with E-state index in [0.29, 0.717) is 5.88 Å². The fraction of sp³-hybridized carbons (Fsp3) is 0.250. The SMILES string of the molecule is Cc1ccc(NC(CCCl)c2ccccc2)cc1. The van der Waals surface area contributed by atoms with Crippen molar-refractivity contribution in [2.45, 2.75) is 19.4 Å². The van der Waals surface area contributed by atoms with Gasteiger partial charge in [0.15, 0.2) is 0 Å². The minimum Gasteiger partial charge on any atom is -0.378 e. The van der Waals surface area contributed by atoms with Crippen LogP contribution in [0.25, 0.3) is 0 Å². The fourth-order valence-corrected chi connectivity index (χ4v) is 2.19. The van der Waals surface area contributed by atoms with E-state index < -0.39 is 0 Å². The summed E-state index contributed by atoms with van der Waals surface area (Å²) in [7, 11) is 0. The summed E-state index contributed by atoms with van der Waals surface area (Å²) in [5.74, 6) is 0.651. The minimum absolute atomic E-state index is 0.270. The van der Waals surface area contributed by atoms with E-state index in [1.54, 1.807) is 0 Å². The average molecular weight is 260 g/mol. The van der Waals surface area contributed by atoms with Crippen molar-refractivity contribution < 1.29 is 0 Å². The van der Waals surface area contributed by atoms with Crippen molar-refractivity contribution in [2.75, 3.05) is 11.2 Å². The van der Waals surface area contributed by atoms with E-state index >= 15 is 0 Å². The maximum atomic E-state index is 5.90. The van der Waals surface area contributed by atoms with E-state index in [4.69, 9.17) is 11.6 Å². The van der Waals surface area contributed by atoms with Gasteiger partial charge in [-0.2, -0.15) is 0 Å². The van der Waals surface area contributed by atoms with E-state index in [-0.39, 0.29) is 6.04 Å². The van der Waals surface area contributed by atoms with Gasteiger partial charge < -0.3 is 5.32 Å². The summed E-state index contributed by atoms with van der Waals surface area (Å²) >= 11 is 5.90. The highest BCUT2D eigenvalue weighted by Crippen LogP contribution is 2.23. The van der Waals surface area contributed by atoms with Crippen LogP contribution in [-0.4, -0.2) is 5.88 Å². The Hall–Kier alpha value is -1.47. The van der Waals surface area contributed by atoms with Gasteiger partial charge in [0, 0.05) is 11.6 Å². The van der Waals surface area contributed by atoms with Crippen LogP contribution in [0.15, 0.2) is 54.6 Å². The zero-order valence-electron chi connectivity index (χ0n) is 10.6. The van der Waals surface area contributed by atoms with Crippen LogP contribution in [0, 0.1) is 6.92 Å². The normalized spacial score (nSPS) is 12.1. The van der Waals surface area contributed by atoms with Gasteiger partial charge >= 0.3 is 0 Å². The number of halogens is 1. The largest absolute Gasteiger partial charge is 0.378 e. The number of anilines is 1. The van der Waals surface area contributed by atoms with Crippen molar-refractivity contribution in [1.82, 2.24) is 0 Å². The number of nitrogens with one attached hydrogen (secondary N) is 1. The van der Waals surface area contributed by atoms with Crippen molar-refractivity contribution >= 4 is 17.3 Å². The maximum absolute atomic E-state index is 5.90. The zero-order chi connectivity index (χ0) is 12.8. The monoisotopic (exact) mass is 259 g/mol. The molecule has 18 heavy (non-hydrogen) atoms. The van der Waals surface area contributed by atoms with Gasteiger partial charge in [-0.15, -0.1) is 11.6 Å². The smallest absolute Gasteiger partial charge is 0.0525 e. The van der Waals surface area contributed by atoms with E-state index in [9.17, 15) is 0 Å². The van der Waals surface area contributed by atoms with Gasteiger partial charge in [0.2, 0.25) is 0 Å². The van der Waals surface area contributed by atoms with Crippen molar-refractivity contribution in [1.29, 1.82) is 0 Å². The Morgan fingerprint density at radius 3 is 2.28 bits per heavy atom. The second-order valence-corrected chi connectivity index (χ2v) is 4.83. The van der Waals surface area contributed by atoms with Crippen LogP contribution in [0.3, 0.4) is 0 Å². The Kier molecular flexibility index (Phi) is 4.66. The number of aryl methyl sites for hydroxylation is 1. The van der Waals surface area contributed by atoms with Crippen LogP contribution < -0.4 is 5.32 Å². The maximum Gasteiger partial charge on any atom is 0.0525 e. The Morgan fingerprint density at radius 1 is 1.00 bits per heavy atom. The molecule has 2 aromatic rings. The zero-order valence-corrected chi connectivity index (χ0v) is 11.3. The summed E-state index contributed by atoms with van der Waals surface area (Å²) in [6, 6.07) is 19.2. The lowest BCUT2D eigenvalue weighted by Crippen LogP contribution is -2.11. The Bertz CT molecular complexity index is 464. The van der Waals surface area contributed by atoms with E-state index in [2.05, 4.69) is 60.8 Å². The van der Waals surface area contributed by atoms with Gasteiger partial charge in [0.25, 0.3) is 0 Å². The summed E-state index contributed by atoms with van der Waals surface area (Å²) in [4.78, 5) is 0. The number of benzene rings is 2. The molecule has 0 heterocycles. The first kappa shape index (κ1) is 13.0. The van der Waals surface area contributed by atoms with Crippen LogP contribution >= 0.6 is 11.6 Å². The lowest BCUT2D eigenvalue weighted by Gasteiger charge is -2.19. The Balaban J connectivity index is 2.14. The Morgan fingerprint density at radius 2 is 1.67 bits per heavy atom. The lowest BCUT2D eigenvalue weighted by molar-refractivity contribution is 0.754. The molecule has 1 N–H and O–H groups in total. The quantitative estimate of drug-likeness (QED) is 0.762. The van der Waals surface area contributed by atoms with Crippen LogP contribution in [0.4, 0.5) is 5.69 Å². The third-order valence-electron chi connectivity index (χ3n) is 2.99. The van der Waals surface area contributed by atoms with Crippen LogP contribution in [0.5, 0.6) is 0 Å². The molecule has 0 spiro atoms. The lowest BCUT2D eigenvalue weighted by atomic mass is 10.0. The number of alkyl halides is 1. The molecule has 0 saturated carbocycles. The van der Waals surface area contributed by atoms with Crippen molar-refractivity contribution in [3.8, 4) is 0 Å². The molecule has 0 aliphatic rings. The molecule has 0 amide bonds. The number of rotatable bonds is 5. The van der Waals surface area contributed by atoms with Crippen molar-refractivity contribution in [2.24, 2.45) is 0 Å². The van der Waals surface area contributed by atoms with E-state index in [0.717, 1.165) is 12.1 Å². The molecule has 0 aliphatic heterocycles. The summed E-state index contributed by atoms with van der Waals surface area (Å²) in [6.45, 7) is 2.09. The second-order valence-electron chi connectivity index (χ2n) is 4.45. The molecule has 0 bridgehead atoms. The van der Waals surface area contributed by atoms with Gasteiger partial charge in [-0.3, -0.25) is 0 Å². The summed E-state index contributed by atoms with van der Waals surface area (Å²) in [6.07, 6.45) is 0.916. The topological polar surface area (TPSA) is 12.0 Å². The van der Waals surface area contributed by atoms with Gasteiger partial charge in [-0.05, 0) is 31.0 Å². The first-order valence-corrected chi connectivity index (χ1v) is 6.77. The third kappa shape index (κ3) is 3.51. The first-order valence-electron chi connectivity index (χ1n) is 6.23. The van der Waals surface area contributed by atoms with Gasteiger partial charge in [-0.25, -0.2) is 0 Å². The summed E-state index contributed by atoms with van der Waals surface area (Å²) < 4.78 is 0. The van der Waals surface area contributed by atoms with Crippen LogP contribution in [0.2, 0.25) is 0 Å². The molecule has 1 atom stereocenters. The first-order chi connectivity index (χ1) is 8.79. The summed E-state index contributed by atoms with van der Waals surface area (Å²) in [5.41, 5.74) is 3.69. The molecule has 2 aromatic carbocycles. The molecule has 94 valence electrons. The highest BCUT2D eigenvalue weighted by atomic mass is 35.5. The highest BCUT2D eigenvalue weighted by Gasteiger charge is 2.09. The fourth-order valence-electron chi connectivity index (χ4n) is 1.97. The molecule has 1 nitrogen and oxygen atoms in total. The van der Waals surface area contributed by atoms with Gasteiger partial charge in [0.05, 0.1) is 6.04 Å². The average Bonchev–Trinajstić information content (AvgIpc) is 2.42.